The van der Waals surface area contributed by atoms with Gasteiger partial charge in [0.25, 0.3) is 0 Å². The molecule has 0 unspecified atom stereocenters. The van der Waals surface area contributed by atoms with Crippen LogP contribution < -0.4 is 14.8 Å². The minimum absolute atomic E-state index is 0.500. The van der Waals surface area contributed by atoms with Crippen molar-refractivity contribution in [3.8, 4) is 22.8 Å². The molecule has 28 heavy (non-hydrogen) atoms. The molecule has 4 rings (SSSR count). The molecule has 7 heteroatoms. The summed E-state index contributed by atoms with van der Waals surface area (Å²) in [6.45, 7) is 2.35. The number of methoxy groups -OCH3 is 2. The highest BCUT2D eigenvalue weighted by Gasteiger charge is 2.17. The highest BCUT2D eigenvalue weighted by atomic mass is 16.5. The van der Waals surface area contributed by atoms with E-state index in [-0.39, 0.29) is 0 Å². The summed E-state index contributed by atoms with van der Waals surface area (Å²) < 4.78 is 16.3. The second-order valence-electron chi connectivity index (χ2n) is 6.23. The number of rotatable bonds is 6. The molecule has 2 aromatic carbocycles. The highest BCUT2D eigenvalue weighted by molar-refractivity contribution is 5.93. The lowest BCUT2D eigenvalue weighted by atomic mass is 10.1. The van der Waals surface area contributed by atoms with Gasteiger partial charge in [0, 0.05) is 23.7 Å². The number of benzene rings is 2. The predicted molar refractivity (Wildman–Crippen MR) is 107 cm³/mol. The largest absolute Gasteiger partial charge is 0.497 e. The van der Waals surface area contributed by atoms with Gasteiger partial charge in [-0.1, -0.05) is 35.5 Å². The van der Waals surface area contributed by atoms with Gasteiger partial charge in [0.1, 0.15) is 28.5 Å². The first kappa shape index (κ1) is 17.8. The molecule has 7 nitrogen and oxygen atoms in total. The molecule has 0 fully saturated rings. The second-order valence-corrected chi connectivity index (χ2v) is 6.23. The molecule has 0 atom stereocenters. The lowest BCUT2D eigenvalue weighted by molar-refractivity contribution is 0.391. The molecule has 0 saturated heterocycles. The molecule has 0 spiro atoms. The Kier molecular flexibility index (Phi) is 4.80. The lowest BCUT2D eigenvalue weighted by Crippen LogP contribution is -2.05. The maximum atomic E-state index is 5.58. The van der Waals surface area contributed by atoms with Crippen molar-refractivity contribution in [3.63, 3.8) is 0 Å². The predicted octanol–water partition coefficient (Wildman–Crippen LogP) is 4.22. The number of anilines is 1. The summed E-state index contributed by atoms with van der Waals surface area (Å²) in [7, 11) is 3.26. The molecule has 2 aromatic heterocycles. The molecule has 1 N–H and O–H groups in total. The highest BCUT2D eigenvalue weighted by Crippen LogP contribution is 2.31. The van der Waals surface area contributed by atoms with E-state index in [0.29, 0.717) is 35.0 Å². The maximum absolute atomic E-state index is 5.58. The normalized spacial score (nSPS) is 10.8. The fourth-order valence-electron chi connectivity index (χ4n) is 3.03. The molecule has 142 valence electrons. The first-order valence-electron chi connectivity index (χ1n) is 8.84. The van der Waals surface area contributed by atoms with Crippen LogP contribution in [0.15, 0.2) is 53.1 Å². The summed E-state index contributed by atoms with van der Waals surface area (Å²) in [5.74, 6) is 2.70. The van der Waals surface area contributed by atoms with Crippen molar-refractivity contribution in [2.45, 2.75) is 13.5 Å². The number of aromatic nitrogens is 3. The van der Waals surface area contributed by atoms with Gasteiger partial charge in [-0.15, -0.1) is 0 Å². The molecule has 4 aromatic rings. The van der Waals surface area contributed by atoms with Gasteiger partial charge < -0.3 is 19.3 Å². The van der Waals surface area contributed by atoms with Gasteiger partial charge in [0.2, 0.25) is 5.58 Å². The third-order valence-corrected chi connectivity index (χ3v) is 4.42. The Hall–Kier alpha value is -3.61. The Morgan fingerprint density at radius 3 is 2.57 bits per heavy atom. The first-order valence-corrected chi connectivity index (χ1v) is 8.84. The van der Waals surface area contributed by atoms with E-state index in [9.17, 15) is 0 Å². The number of hydrogen-bond donors (Lipinski definition) is 1. The van der Waals surface area contributed by atoms with Crippen LogP contribution in [0.5, 0.6) is 11.5 Å². The van der Waals surface area contributed by atoms with E-state index >= 15 is 0 Å². The van der Waals surface area contributed by atoms with Crippen molar-refractivity contribution in [2.75, 3.05) is 19.5 Å². The third kappa shape index (κ3) is 3.34. The van der Waals surface area contributed by atoms with E-state index in [0.717, 1.165) is 22.6 Å². The van der Waals surface area contributed by atoms with Gasteiger partial charge in [-0.05, 0) is 19.1 Å². The summed E-state index contributed by atoms with van der Waals surface area (Å²) in [6.07, 6.45) is 0. The Bertz CT molecular complexity index is 1110. The number of ether oxygens (including phenoxy) is 2. The fourth-order valence-corrected chi connectivity index (χ4v) is 3.03. The van der Waals surface area contributed by atoms with Crippen LogP contribution in [0.4, 0.5) is 5.82 Å². The number of nitrogens with one attached hydrogen (secondary N) is 1. The van der Waals surface area contributed by atoms with Crippen LogP contribution in [0.25, 0.3) is 22.4 Å². The number of fused-ring (bicyclic) bond motifs is 1. The van der Waals surface area contributed by atoms with Crippen molar-refractivity contribution in [3.05, 3.63) is 59.9 Å². The summed E-state index contributed by atoms with van der Waals surface area (Å²) in [6, 6.07) is 15.5. The van der Waals surface area contributed by atoms with Gasteiger partial charge in [-0.3, -0.25) is 0 Å². The second kappa shape index (κ2) is 7.56. The van der Waals surface area contributed by atoms with Crippen molar-refractivity contribution in [1.29, 1.82) is 0 Å². The fraction of sp³-hybridized carbons (Fsp3) is 0.190. The molecule has 0 saturated carbocycles. The van der Waals surface area contributed by atoms with Gasteiger partial charge in [0.05, 0.1) is 14.2 Å². The number of aryl methyl sites for hydroxylation is 1. The Morgan fingerprint density at radius 2 is 1.82 bits per heavy atom. The average molecular weight is 376 g/mol. The summed E-state index contributed by atoms with van der Waals surface area (Å²) in [5.41, 5.74) is 3.82. The Morgan fingerprint density at radius 1 is 1.00 bits per heavy atom. The van der Waals surface area contributed by atoms with Crippen LogP contribution in [0, 0.1) is 6.92 Å². The zero-order valence-electron chi connectivity index (χ0n) is 15.9. The first-order chi connectivity index (χ1) is 13.7. The standard InChI is InChI=1S/C21H20N4O3/c1-13-23-19-18(14-7-5-4-6-8-14)25-28-20(19)21(24-13)22-12-15-9-10-16(26-2)11-17(15)27-3/h4-11H,12H2,1-3H3,(H,22,23,24). The van der Waals surface area contributed by atoms with Crippen LogP contribution in [-0.2, 0) is 6.54 Å². The van der Waals surface area contributed by atoms with E-state index in [1.54, 1.807) is 14.2 Å². The van der Waals surface area contributed by atoms with Crippen molar-refractivity contribution < 1.29 is 14.0 Å². The lowest BCUT2D eigenvalue weighted by Gasteiger charge is -2.12. The van der Waals surface area contributed by atoms with Crippen LogP contribution in [0.1, 0.15) is 11.4 Å². The van der Waals surface area contributed by atoms with Gasteiger partial charge in [-0.25, -0.2) is 9.97 Å². The van der Waals surface area contributed by atoms with Crippen molar-refractivity contribution >= 4 is 16.9 Å². The summed E-state index contributed by atoms with van der Waals surface area (Å²) in [5, 5.41) is 7.54. The third-order valence-electron chi connectivity index (χ3n) is 4.42. The number of hydrogen-bond acceptors (Lipinski definition) is 7. The molecule has 0 aliphatic rings. The molecule has 0 aliphatic carbocycles. The minimum Gasteiger partial charge on any atom is -0.497 e. The van der Waals surface area contributed by atoms with Crippen molar-refractivity contribution in [2.24, 2.45) is 0 Å². The topological polar surface area (TPSA) is 82.3 Å². The summed E-state index contributed by atoms with van der Waals surface area (Å²) in [4.78, 5) is 9.03. The van der Waals surface area contributed by atoms with Gasteiger partial charge in [0.15, 0.2) is 5.82 Å². The van der Waals surface area contributed by atoms with E-state index in [1.807, 2.05) is 55.5 Å². The van der Waals surface area contributed by atoms with Crippen LogP contribution in [0.3, 0.4) is 0 Å². The molecule has 0 bridgehead atoms. The Balaban J connectivity index is 1.68. The Labute approximate surface area is 162 Å². The van der Waals surface area contributed by atoms with E-state index < -0.39 is 0 Å². The van der Waals surface area contributed by atoms with E-state index in [1.165, 1.54) is 0 Å². The zero-order valence-corrected chi connectivity index (χ0v) is 15.9. The molecular weight excluding hydrogens is 356 g/mol. The average Bonchev–Trinajstić information content (AvgIpc) is 3.16. The minimum atomic E-state index is 0.500. The molecule has 0 aliphatic heterocycles. The summed E-state index contributed by atoms with van der Waals surface area (Å²) >= 11 is 0. The number of nitrogens with zero attached hydrogens (tertiary/aromatic N) is 3. The van der Waals surface area contributed by atoms with Crippen LogP contribution in [0.2, 0.25) is 0 Å². The molecule has 0 amide bonds. The van der Waals surface area contributed by atoms with Gasteiger partial charge >= 0.3 is 0 Å². The van der Waals surface area contributed by atoms with Crippen molar-refractivity contribution in [1.82, 2.24) is 15.1 Å². The van der Waals surface area contributed by atoms with Gasteiger partial charge in [-0.2, -0.15) is 0 Å². The SMILES string of the molecule is COc1ccc(CNc2nc(C)nc3c(-c4ccccc4)noc23)c(OC)c1. The maximum Gasteiger partial charge on any atom is 0.228 e. The van der Waals surface area contributed by atoms with E-state index in [4.69, 9.17) is 14.0 Å². The quantitative estimate of drug-likeness (QED) is 0.539. The van der Waals surface area contributed by atoms with Crippen LogP contribution in [-0.4, -0.2) is 29.3 Å². The molecule has 2 heterocycles. The molecule has 0 radical (unpaired) electrons. The molecular formula is C21H20N4O3. The zero-order chi connectivity index (χ0) is 19.5. The smallest absolute Gasteiger partial charge is 0.228 e. The monoisotopic (exact) mass is 376 g/mol. The van der Waals surface area contributed by atoms with Crippen LogP contribution >= 0.6 is 0 Å². The van der Waals surface area contributed by atoms with E-state index in [2.05, 4.69) is 20.4 Å².